The Kier molecular flexibility index (Phi) is 5.20. The van der Waals surface area contributed by atoms with E-state index in [1.165, 1.54) is 21.8 Å². The maximum atomic E-state index is 11.4. The molecule has 3 heterocycles. The molecule has 3 rings (SSSR count). The molecule has 3 aromatic heterocycles. The van der Waals surface area contributed by atoms with Gasteiger partial charge in [-0.25, -0.2) is 14.8 Å². The maximum Gasteiger partial charge on any atom is 0.338 e. The van der Waals surface area contributed by atoms with Crippen LogP contribution in [0.25, 0.3) is 0 Å². The molecule has 11 heteroatoms. The number of aromatic nitrogens is 7. The van der Waals surface area contributed by atoms with Crippen molar-refractivity contribution in [3.8, 4) is 0 Å². The highest BCUT2D eigenvalue weighted by Gasteiger charge is 2.03. The zero-order valence-electron chi connectivity index (χ0n) is 10.1. The highest BCUT2D eigenvalue weighted by Crippen LogP contribution is 2.08. The van der Waals surface area contributed by atoms with Crippen molar-refractivity contribution in [2.45, 2.75) is 0 Å². The van der Waals surface area contributed by atoms with Gasteiger partial charge in [-0.05, 0) is 34.8 Å². The molecule has 0 saturated heterocycles. The fourth-order valence-electron chi connectivity index (χ4n) is 1.18. The number of imidazole rings is 2. The van der Waals surface area contributed by atoms with Crippen molar-refractivity contribution in [2.24, 2.45) is 0 Å². The van der Waals surface area contributed by atoms with Gasteiger partial charge in [0, 0.05) is 24.8 Å². The topological polar surface area (TPSA) is 91.4 Å². The van der Waals surface area contributed by atoms with Crippen molar-refractivity contribution < 1.29 is 4.79 Å². The van der Waals surface area contributed by atoms with Gasteiger partial charge in [-0.1, -0.05) is 0 Å². The molecule has 0 radical (unpaired) electrons. The molecule has 0 spiro atoms. The van der Waals surface area contributed by atoms with E-state index in [1.54, 1.807) is 24.8 Å². The lowest BCUT2D eigenvalue weighted by Crippen LogP contribution is -2.15. The van der Waals surface area contributed by atoms with Crippen molar-refractivity contribution in [3.63, 3.8) is 0 Å². The van der Waals surface area contributed by atoms with Crippen LogP contribution in [0, 0.1) is 0 Å². The molecule has 0 amide bonds. The Morgan fingerprint density at radius 3 is 1.48 bits per heavy atom. The first-order valence-corrected chi connectivity index (χ1v) is 6.43. The number of carbonyl (C=O) groups excluding carboxylic acids is 1. The van der Waals surface area contributed by atoms with E-state index in [4.69, 9.17) is 34.8 Å². The molecular formula is C10H6Cl3N7O. The fraction of sp³-hybridized carbons (Fsp3) is 0. The standard InChI is InChI=1S/C7H6N4O.C3Cl3N3/c12-7(10-3-1-8-5-10)11-4-2-9-6-11;4-1-7-2(5)9-3(6)8-1/h1-6H;. The van der Waals surface area contributed by atoms with E-state index < -0.39 is 0 Å². The fourth-order valence-corrected chi connectivity index (χ4v) is 1.79. The molecule has 3 aromatic rings. The molecule has 0 atom stereocenters. The molecular weight excluding hydrogens is 341 g/mol. The number of nitrogens with zero attached hydrogens (tertiary/aromatic N) is 7. The van der Waals surface area contributed by atoms with Crippen LogP contribution >= 0.6 is 34.8 Å². The summed E-state index contributed by atoms with van der Waals surface area (Å²) in [6.45, 7) is 0. The molecule has 8 nitrogen and oxygen atoms in total. The van der Waals surface area contributed by atoms with Crippen LogP contribution in [-0.2, 0) is 0 Å². The third kappa shape index (κ3) is 4.48. The summed E-state index contributed by atoms with van der Waals surface area (Å²) in [4.78, 5) is 29.3. The number of hydrogen-bond donors (Lipinski definition) is 0. The zero-order chi connectivity index (χ0) is 15.2. The Hall–Kier alpha value is -2.03. The molecule has 0 aliphatic heterocycles. The Morgan fingerprint density at radius 1 is 0.810 bits per heavy atom. The molecule has 0 saturated carbocycles. The van der Waals surface area contributed by atoms with E-state index in [-0.39, 0.29) is 21.9 Å². The first-order chi connectivity index (χ1) is 10.1. The normalized spacial score (nSPS) is 9.86. The van der Waals surface area contributed by atoms with Gasteiger partial charge >= 0.3 is 6.03 Å². The minimum absolute atomic E-state index is 0.000000000000000444. The third-order valence-corrected chi connectivity index (χ3v) is 2.51. The van der Waals surface area contributed by atoms with E-state index in [0.717, 1.165) is 0 Å². The predicted molar refractivity (Wildman–Crippen MR) is 75.5 cm³/mol. The summed E-state index contributed by atoms with van der Waals surface area (Å²) < 4.78 is 2.75. The van der Waals surface area contributed by atoms with Crippen LogP contribution in [0.4, 0.5) is 4.79 Å². The number of halogens is 3. The van der Waals surface area contributed by atoms with Crippen LogP contribution in [0.2, 0.25) is 15.9 Å². The molecule has 21 heavy (non-hydrogen) atoms. The summed E-state index contributed by atoms with van der Waals surface area (Å²) in [6, 6.07) is -0.190. The smallest absolute Gasteiger partial charge is 0.257 e. The second-order valence-corrected chi connectivity index (χ2v) is 4.38. The van der Waals surface area contributed by atoms with Crippen molar-refractivity contribution in [2.75, 3.05) is 0 Å². The van der Waals surface area contributed by atoms with Crippen LogP contribution in [0.5, 0.6) is 0 Å². The molecule has 0 N–H and O–H groups in total. The maximum absolute atomic E-state index is 11.4. The summed E-state index contributed by atoms with van der Waals surface area (Å²) in [6.07, 6.45) is 9.17. The predicted octanol–water partition coefficient (Wildman–Crippen LogP) is 2.43. The Labute approximate surface area is 133 Å². The van der Waals surface area contributed by atoms with Crippen molar-refractivity contribution >= 4 is 40.8 Å². The molecule has 0 aliphatic rings. The van der Waals surface area contributed by atoms with E-state index in [2.05, 4.69) is 24.9 Å². The van der Waals surface area contributed by atoms with E-state index in [9.17, 15) is 4.79 Å². The molecule has 0 aromatic carbocycles. The van der Waals surface area contributed by atoms with Crippen molar-refractivity contribution in [3.05, 3.63) is 53.3 Å². The van der Waals surface area contributed by atoms with Gasteiger partial charge in [0.05, 0.1) is 0 Å². The zero-order valence-corrected chi connectivity index (χ0v) is 12.4. The molecule has 108 valence electrons. The van der Waals surface area contributed by atoms with Gasteiger partial charge in [0.1, 0.15) is 12.7 Å². The lowest BCUT2D eigenvalue weighted by atomic mass is 10.8. The minimum Gasteiger partial charge on any atom is -0.257 e. The Balaban J connectivity index is 0.000000161. The van der Waals surface area contributed by atoms with Crippen LogP contribution in [0.1, 0.15) is 0 Å². The van der Waals surface area contributed by atoms with Gasteiger partial charge in [-0.3, -0.25) is 9.13 Å². The number of carbonyl (C=O) groups is 1. The van der Waals surface area contributed by atoms with Gasteiger partial charge < -0.3 is 0 Å². The van der Waals surface area contributed by atoms with E-state index >= 15 is 0 Å². The Bertz CT molecular complexity index is 628. The Morgan fingerprint density at radius 2 is 1.19 bits per heavy atom. The van der Waals surface area contributed by atoms with Gasteiger partial charge in [0.25, 0.3) is 0 Å². The SMILES string of the molecule is Clc1nc(Cl)nc(Cl)n1.O=C(n1ccnc1)n1ccnc1. The second-order valence-electron chi connectivity index (χ2n) is 3.36. The molecule has 0 unspecified atom stereocenters. The van der Waals surface area contributed by atoms with Crippen molar-refractivity contribution in [1.29, 1.82) is 0 Å². The van der Waals surface area contributed by atoms with Crippen molar-refractivity contribution in [1.82, 2.24) is 34.1 Å². The first kappa shape index (κ1) is 15.4. The minimum atomic E-state index is -0.190. The molecule has 0 aliphatic carbocycles. The first-order valence-electron chi connectivity index (χ1n) is 5.29. The van der Waals surface area contributed by atoms with E-state index in [0.29, 0.717) is 0 Å². The lowest BCUT2D eigenvalue weighted by molar-refractivity contribution is 0.244. The third-order valence-electron chi connectivity index (χ3n) is 2.00. The second kappa shape index (κ2) is 7.11. The van der Waals surface area contributed by atoms with Gasteiger partial charge in [-0.2, -0.15) is 15.0 Å². The monoisotopic (exact) mass is 345 g/mol. The average molecular weight is 347 g/mol. The quantitative estimate of drug-likeness (QED) is 0.621. The lowest BCUT2D eigenvalue weighted by Gasteiger charge is -1.98. The highest BCUT2D eigenvalue weighted by molar-refractivity contribution is 6.33. The largest absolute Gasteiger partial charge is 0.338 e. The molecule has 0 fully saturated rings. The summed E-state index contributed by atoms with van der Waals surface area (Å²) in [5, 5.41) is 0.00000000000000178. The summed E-state index contributed by atoms with van der Waals surface area (Å²) in [5.41, 5.74) is 0. The van der Waals surface area contributed by atoms with Crippen LogP contribution < -0.4 is 0 Å². The summed E-state index contributed by atoms with van der Waals surface area (Å²) >= 11 is 16.0. The van der Waals surface area contributed by atoms with Gasteiger partial charge in [0.15, 0.2) is 0 Å². The number of hydrogen-bond acceptors (Lipinski definition) is 6. The van der Waals surface area contributed by atoms with Crippen LogP contribution in [-0.4, -0.2) is 40.1 Å². The summed E-state index contributed by atoms with van der Waals surface area (Å²) in [5.74, 6) is 0. The average Bonchev–Trinajstić information content (AvgIpc) is 3.11. The molecule has 0 bridgehead atoms. The van der Waals surface area contributed by atoms with Crippen LogP contribution in [0.3, 0.4) is 0 Å². The van der Waals surface area contributed by atoms with Gasteiger partial charge in [-0.15, -0.1) is 0 Å². The van der Waals surface area contributed by atoms with Gasteiger partial charge in [0.2, 0.25) is 15.9 Å². The highest BCUT2D eigenvalue weighted by atomic mass is 35.5. The van der Waals surface area contributed by atoms with E-state index in [1.807, 2.05) is 0 Å². The summed E-state index contributed by atoms with van der Waals surface area (Å²) in [7, 11) is 0. The van der Waals surface area contributed by atoms with Crippen LogP contribution in [0.15, 0.2) is 37.4 Å². The number of rotatable bonds is 0.